The smallest absolute Gasteiger partial charge is 0.0175 e. The van der Waals surface area contributed by atoms with E-state index in [2.05, 4.69) is 26.3 Å². The van der Waals surface area contributed by atoms with E-state index in [0.717, 1.165) is 5.92 Å². The summed E-state index contributed by atoms with van der Waals surface area (Å²) in [6, 6.07) is 0. The molecule has 1 atom stereocenters. The van der Waals surface area contributed by atoms with E-state index in [0.29, 0.717) is 0 Å². The molecule has 0 N–H and O–H groups in total. The van der Waals surface area contributed by atoms with Gasteiger partial charge in [0.1, 0.15) is 0 Å². The van der Waals surface area contributed by atoms with Crippen LogP contribution >= 0.6 is 0 Å². The fourth-order valence-electron chi connectivity index (χ4n) is 1.57. The first-order chi connectivity index (χ1) is 4.84. The molecule has 0 heteroatoms. The molecule has 0 saturated heterocycles. The second kappa shape index (κ2) is 3.80. The Morgan fingerprint density at radius 2 is 2.30 bits per heavy atom. The average molecular weight is 137 g/mol. The van der Waals surface area contributed by atoms with Gasteiger partial charge in [-0.05, 0) is 39.0 Å². The van der Waals surface area contributed by atoms with Crippen LogP contribution in [0.1, 0.15) is 39.5 Å². The summed E-state index contributed by atoms with van der Waals surface area (Å²) in [5, 5.41) is 0. The minimum absolute atomic E-state index is 0.804. The van der Waals surface area contributed by atoms with Crippen LogP contribution in [0.4, 0.5) is 0 Å². The Bertz CT molecular complexity index is 116. The lowest BCUT2D eigenvalue weighted by atomic mass is 9.84. The molecular formula is C10H17. The lowest BCUT2D eigenvalue weighted by Crippen LogP contribution is -2.07. The number of hydrogen-bond acceptors (Lipinski definition) is 0. The second-order valence-corrected chi connectivity index (χ2v) is 3.16. The van der Waals surface area contributed by atoms with E-state index in [1.807, 2.05) is 0 Å². The Labute approximate surface area is 64.3 Å². The van der Waals surface area contributed by atoms with Gasteiger partial charge in [0, 0.05) is 0 Å². The molecule has 57 valence electrons. The van der Waals surface area contributed by atoms with Crippen molar-refractivity contribution in [3.63, 3.8) is 0 Å². The van der Waals surface area contributed by atoms with Gasteiger partial charge in [-0.15, -0.1) is 0 Å². The van der Waals surface area contributed by atoms with Crippen molar-refractivity contribution >= 4 is 0 Å². The second-order valence-electron chi connectivity index (χ2n) is 3.16. The summed E-state index contributed by atoms with van der Waals surface area (Å²) < 4.78 is 0. The summed E-state index contributed by atoms with van der Waals surface area (Å²) in [5.74, 6) is 0.804. The molecule has 0 bridgehead atoms. The molecule has 10 heavy (non-hydrogen) atoms. The molecule has 1 aliphatic rings. The van der Waals surface area contributed by atoms with Gasteiger partial charge in [0.2, 0.25) is 0 Å². The predicted octanol–water partition coefficient (Wildman–Crippen LogP) is 3.35. The van der Waals surface area contributed by atoms with Crippen LogP contribution in [0.15, 0.2) is 11.6 Å². The van der Waals surface area contributed by atoms with E-state index >= 15 is 0 Å². The molecule has 0 amide bonds. The van der Waals surface area contributed by atoms with Gasteiger partial charge in [-0.3, -0.25) is 0 Å². The van der Waals surface area contributed by atoms with Crippen molar-refractivity contribution in [2.45, 2.75) is 39.5 Å². The Hall–Kier alpha value is -0.260. The topological polar surface area (TPSA) is 0 Å². The number of rotatable bonds is 1. The van der Waals surface area contributed by atoms with E-state index < -0.39 is 0 Å². The number of allylic oxidation sites excluding steroid dienone is 2. The van der Waals surface area contributed by atoms with Crippen molar-refractivity contribution in [1.29, 1.82) is 0 Å². The molecule has 0 aliphatic heterocycles. The Morgan fingerprint density at radius 3 is 2.80 bits per heavy atom. The maximum absolute atomic E-state index is 2.47. The minimum Gasteiger partial charge on any atom is -0.0884 e. The van der Waals surface area contributed by atoms with Gasteiger partial charge in [-0.25, -0.2) is 0 Å². The fourth-order valence-corrected chi connectivity index (χ4v) is 1.57. The van der Waals surface area contributed by atoms with Crippen LogP contribution in [0.5, 0.6) is 0 Å². The third kappa shape index (κ3) is 1.86. The lowest BCUT2D eigenvalue weighted by molar-refractivity contribution is 0.493. The zero-order chi connectivity index (χ0) is 7.40. The summed E-state index contributed by atoms with van der Waals surface area (Å²) in [4.78, 5) is 0. The van der Waals surface area contributed by atoms with Crippen molar-refractivity contribution in [2.75, 3.05) is 0 Å². The highest BCUT2D eigenvalue weighted by Crippen LogP contribution is 2.28. The SMILES string of the molecule is C/C=C(/C)C1[CH]CCCC1. The molecule has 0 aromatic carbocycles. The third-order valence-corrected chi connectivity index (χ3v) is 2.46. The van der Waals surface area contributed by atoms with E-state index in [4.69, 9.17) is 0 Å². The van der Waals surface area contributed by atoms with E-state index in [-0.39, 0.29) is 0 Å². The summed E-state index contributed by atoms with van der Waals surface area (Å²) in [7, 11) is 0. The monoisotopic (exact) mass is 137 g/mol. The van der Waals surface area contributed by atoms with Gasteiger partial charge in [0.15, 0.2) is 0 Å². The van der Waals surface area contributed by atoms with Crippen LogP contribution in [0.25, 0.3) is 0 Å². The summed E-state index contributed by atoms with van der Waals surface area (Å²) in [5.41, 5.74) is 1.56. The highest BCUT2D eigenvalue weighted by molar-refractivity contribution is 5.07. The predicted molar refractivity (Wildman–Crippen MR) is 45.7 cm³/mol. The van der Waals surface area contributed by atoms with E-state index in [1.165, 1.54) is 25.7 Å². The normalized spacial score (nSPS) is 23.2. The Morgan fingerprint density at radius 1 is 1.50 bits per heavy atom. The van der Waals surface area contributed by atoms with Crippen molar-refractivity contribution in [1.82, 2.24) is 0 Å². The zero-order valence-corrected chi connectivity index (χ0v) is 7.06. The maximum Gasteiger partial charge on any atom is -0.0175 e. The van der Waals surface area contributed by atoms with Crippen LogP contribution in [-0.4, -0.2) is 0 Å². The standard InChI is InChI=1S/C10H17/c1-3-9(2)10-7-5-4-6-8-10/h3,7,10H,4-6,8H2,1-2H3/b9-3-. The van der Waals surface area contributed by atoms with Crippen LogP contribution < -0.4 is 0 Å². The summed E-state index contributed by atoms with van der Waals surface area (Å²) >= 11 is 0. The maximum atomic E-state index is 2.47. The molecule has 1 fully saturated rings. The molecule has 0 heterocycles. The van der Waals surface area contributed by atoms with Crippen LogP contribution in [0.2, 0.25) is 0 Å². The zero-order valence-electron chi connectivity index (χ0n) is 7.06. The van der Waals surface area contributed by atoms with Gasteiger partial charge >= 0.3 is 0 Å². The molecular weight excluding hydrogens is 120 g/mol. The molecule has 1 aliphatic carbocycles. The van der Waals surface area contributed by atoms with Crippen molar-refractivity contribution in [3.8, 4) is 0 Å². The molecule has 1 rings (SSSR count). The Kier molecular flexibility index (Phi) is 2.98. The van der Waals surface area contributed by atoms with E-state index in [9.17, 15) is 0 Å². The lowest BCUT2D eigenvalue weighted by Gasteiger charge is -2.21. The first kappa shape index (κ1) is 7.84. The highest BCUT2D eigenvalue weighted by Gasteiger charge is 2.13. The van der Waals surface area contributed by atoms with Crippen molar-refractivity contribution in [2.24, 2.45) is 5.92 Å². The van der Waals surface area contributed by atoms with Gasteiger partial charge < -0.3 is 0 Å². The molecule has 0 spiro atoms. The van der Waals surface area contributed by atoms with Gasteiger partial charge in [0.25, 0.3) is 0 Å². The molecule has 0 nitrogen and oxygen atoms in total. The molecule has 1 saturated carbocycles. The van der Waals surface area contributed by atoms with Crippen LogP contribution in [-0.2, 0) is 0 Å². The van der Waals surface area contributed by atoms with Gasteiger partial charge in [-0.1, -0.05) is 24.5 Å². The summed E-state index contributed by atoms with van der Waals surface area (Å²) in [6.45, 7) is 4.38. The minimum atomic E-state index is 0.804. The summed E-state index contributed by atoms with van der Waals surface area (Å²) in [6.07, 6.45) is 10.3. The largest absolute Gasteiger partial charge is 0.0884 e. The molecule has 0 aromatic rings. The fraction of sp³-hybridized carbons (Fsp3) is 0.700. The molecule has 0 aromatic heterocycles. The van der Waals surface area contributed by atoms with Crippen LogP contribution in [0, 0.1) is 12.3 Å². The highest BCUT2D eigenvalue weighted by atomic mass is 14.2. The number of hydrogen-bond donors (Lipinski definition) is 0. The van der Waals surface area contributed by atoms with Crippen molar-refractivity contribution in [3.05, 3.63) is 18.1 Å². The first-order valence-corrected chi connectivity index (χ1v) is 4.30. The van der Waals surface area contributed by atoms with Gasteiger partial charge in [-0.2, -0.15) is 0 Å². The Balaban J connectivity index is 2.39. The average Bonchev–Trinajstić information content (AvgIpc) is 2.05. The van der Waals surface area contributed by atoms with Crippen LogP contribution in [0.3, 0.4) is 0 Å². The molecule has 1 radical (unpaired) electrons. The first-order valence-electron chi connectivity index (χ1n) is 4.30. The quantitative estimate of drug-likeness (QED) is 0.486. The van der Waals surface area contributed by atoms with E-state index in [1.54, 1.807) is 5.57 Å². The third-order valence-electron chi connectivity index (χ3n) is 2.46. The molecule has 1 unspecified atom stereocenters. The van der Waals surface area contributed by atoms with Gasteiger partial charge in [0.05, 0.1) is 0 Å². The van der Waals surface area contributed by atoms with Crippen molar-refractivity contribution < 1.29 is 0 Å².